The number of hydrogen-bond donors (Lipinski definition) is 4. The molecule has 0 aliphatic rings. The van der Waals surface area contributed by atoms with E-state index < -0.39 is 30.1 Å². The first kappa shape index (κ1) is 28.1. The monoisotopic (exact) mass is 417 g/mol. The Morgan fingerprint density at radius 1 is 0.793 bits per heavy atom. The van der Waals surface area contributed by atoms with Gasteiger partial charge in [-0.15, -0.1) is 0 Å². The molecule has 0 spiro atoms. The van der Waals surface area contributed by atoms with Gasteiger partial charge >= 0.3 is 6.09 Å². The zero-order chi connectivity index (χ0) is 22.1. The fraction of sp³-hybridized carbons (Fsp3) is 0.957. The standard InChI is InChI=1S/C23H47NO5/c1-5-6-7-8-9-10-11-12-13-14-15-16-17-19(25)20(26)18-21(27)24-22(28)29-23(2,3)4/h19-21,25-27H,5-18H2,1-4H3,(H,24,28). The molecule has 0 heterocycles. The van der Waals surface area contributed by atoms with Crippen molar-refractivity contribution in [3.8, 4) is 0 Å². The normalized spacial score (nSPS) is 15.0. The third-order valence-corrected chi connectivity index (χ3v) is 4.95. The summed E-state index contributed by atoms with van der Waals surface area (Å²) in [6.45, 7) is 7.43. The van der Waals surface area contributed by atoms with Gasteiger partial charge in [-0.2, -0.15) is 0 Å². The Bertz CT molecular complexity index is 397. The first-order chi connectivity index (χ1) is 13.7. The number of ether oxygens (including phenoxy) is 1. The summed E-state index contributed by atoms with van der Waals surface area (Å²) in [5.74, 6) is 0. The van der Waals surface area contributed by atoms with Crippen LogP contribution in [-0.4, -0.2) is 45.4 Å². The number of unbranched alkanes of at least 4 members (excludes halogenated alkanes) is 11. The molecule has 0 aromatic heterocycles. The van der Waals surface area contributed by atoms with Gasteiger partial charge in [-0.3, -0.25) is 5.32 Å². The highest BCUT2D eigenvalue weighted by Gasteiger charge is 2.23. The summed E-state index contributed by atoms with van der Waals surface area (Å²) in [6, 6.07) is 0. The van der Waals surface area contributed by atoms with E-state index in [4.69, 9.17) is 4.74 Å². The predicted molar refractivity (Wildman–Crippen MR) is 118 cm³/mol. The molecule has 1 amide bonds. The molecular formula is C23H47NO5. The van der Waals surface area contributed by atoms with E-state index in [1.54, 1.807) is 20.8 Å². The molecule has 0 radical (unpaired) electrons. The molecule has 0 fully saturated rings. The highest BCUT2D eigenvalue weighted by molar-refractivity contribution is 5.67. The Labute approximate surface area is 178 Å². The van der Waals surface area contributed by atoms with Crippen molar-refractivity contribution in [1.29, 1.82) is 0 Å². The van der Waals surface area contributed by atoms with E-state index in [1.165, 1.54) is 57.8 Å². The first-order valence-electron chi connectivity index (χ1n) is 11.7. The number of carbonyl (C=O) groups is 1. The quantitative estimate of drug-likeness (QED) is 0.196. The number of amides is 1. The van der Waals surface area contributed by atoms with Gasteiger partial charge in [-0.25, -0.2) is 4.79 Å². The summed E-state index contributed by atoms with van der Waals surface area (Å²) in [5.41, 5.74) is -0.656. The molecular weight excluding hydrogens is 370 g/mol. The summed E-state index contributed by atoms with van der Waals surface area (Å²) in [6.07, 6.45) is 11.4. The molecule has 29 heavy (non-hydrogen) atoms. The molecule has 0 rings (SSSR count). The predicted octanol–water partition coefficient (Wildman–Crippen LogP) is 5.03. The van der Waals surface area contributed by atoms with Crippen LogP contribution in [0.25, 0.3) is 0 Å². The van der Waals surface area contributed by atoms with Crippen LogP contribution in [0, 0.1) is 0 Å². The number of hydrogen-bond acceptors (Lipinski definition) is 5. The lowest BCUT2D eigenvalue weighted by Crippen LogP contribution is -2.42. The van der Waals surface area contributed by atoms with Crippen molar-refractivity contribution in [2.45, 2.75) is 142 Å². The van der Waals surface area contributed by atoms with E-state index >= 15 is 0 Å². The highest BCUT2D eigenvalue weighted by Crippen LogP contribution is 2.15. The van der Waals surface area contributed by atoms with Crippen molar-refractivity contribution in [2.75, 3.05) is 0 Å². The van der Waals surface area contributed by atoms with Gasteiger partial charge in [0.2, 0.25) is 0 Å². The van der Waals surface area contributed by atoms with E-state index in [1.807, 2.05) is 0 Å². The van der Waals surface area contributed by atoms with Gasteiger partial charge in [0.1, 0.15) is 11.8 Å². The highest BCUT2D eigenvalue weighted by atomic mass is 16.6. The number of rotatable bonds is 17. The number of carbonyl (C=O) groups excluding carboxylic acids is 1. The van der Waals surface area contributed by atoms with Gasteiger partial charge < -0.3 is 20.1 Å². The summed E-state index contributed by atoms with van der Waals surface area (Å²) < 4.78 is 5.04. The average Bonchev–Trinajstić information content (AvgIpc) is 2.60. The molecule has 0 saturated carbocycles. The van der Waals surface area contributed by atoms with Crippen molar-refractivity contribution in [3.05, 3.63) is 0 Å². The lowest BCUT2D eigenvalue weighted by atomic mass is 10.0. The Morgan fingerprint density at radius 2 is 1.24 bits per heavy atom. The summed E-state index contributed by atoms with van der Waals surface area (Å²) in [7, 11) is 0. The van der Waals surface area contributed by atoms with Crippen molar-refractivity contribution in [2.24, 2.45) is 0 Å². The third-order valence-electron chi connectivity index (χ3n) is 4.95. The number of nitrogens with one attached hydrogen (secondary N) is 1. The van der Waals surface area contributed by atoms with E-state index in [2.05, 4.69) is 12.2 Å². The Balaban J connectivity index is 3.64. The van der Waals surface area contributed by atoms with Crippen LogP contribution in [0.3, 0.4) is 0 Å². The van der Waals surface area contributed by atoms with Crippen molar-refractivity contribution < 1.29 is 24.9 Å². The molecule has 0 bridgehead atoms. The lowest BCUT2D eigenvalue weighted by molar-refractivity contribution is -0.0261. The molecule has 4 N–H and O–H groups in total. The van der Waals surface area contributed by atoms with Crippen LogP contribution in [0.2, 0.25) is 0 Å². The largest absolute Gasteiger partial charge is 0.444 e. The third kappa shape index (κ3) is 18.9. The molecule has 0 aliphatic carbocycles. The molecule has 0 aromatic carbocycles. The lowest BCUT2D eigenvalue weighted by Gasteiger charge is -2.24. The van der Waals surface area contributed by atoms with E-state index in [-0.39, 0.29) is 6.42 Å². The molecule has 0 aliphatic heterocycles. The Kier molecular flexibility index (Phi) is 16.4. The smallest absolute Gasteiger partial charge is 0.409 e. The molecule has 0 aromatic rings. The van der Waals surface area contributed by atoms with Crippen LogP contribution in [0.5, 0.6) is 0 Å². The first-order valence-corrected chi connectivity index (χ1v) is 11.7. The second-order valence-corrected chi connectivity index (χ2v) is 9.21. The fourth-order valence-corrected chi connectivity index (χ4v) is 3.28. The van der Waals surface area contributed by atoms with E-state index in [9.17, 15) is 20.1 Å². The zero-order valence-electron chi connectivity index (χ0n) is 19.3. The summed E-state index contributed by atoms with van der Waals surface area (Å²) in [4.78, 5) is 11.6. The molecule has 6 heteroatoms. The van der Waals surface area contributed by atoms with Gasteiger partial charge in [0, 0.05) is 6.42 Å². The van der Waals surface area contributed by atoms with Gasteiger partial charge in [0.15, 0.2) is 0 Å². The van der Waals surface area contributed by atoms with Gasteiger partial charge in [0.05, 0.1) is 12.2 Å². The van der Waals surface area contributed by atoms with Crippen LogP contribution in [-0.2, 0) is 4.74 Å². The van der Waals surface area contributed by atoms with E-state index in [0.29, 0.717) is 6.42 Å². The molecule has 6 nitrogen and oxygen atoms in total. The summed E-state index contributed by atoms with van der Waals surface area (Å²) >= 11 is 0. The second-order valence-electron chi connectivity index (χ2n) is 9.21. The molecule has 174 valence electrons. The summed E-state index contributed by atoms with van der Waals surface area (Å²) in [5, 5.41) is 32.1. The van der Waals surface area contributed by atoms with Crippen molar-refractivity contribution in [3.63, 3.8) is 0 Å². The number of aliphatic hydroxyl groups excluding tert-OH is 3. The maximum absolute atomic E-state index is 11.6. The Hall–Kier alpha value is -0.850. The second kappa shape index (κ2) is 16.9. The van der Waals surface area contributed by atoms with Crippen molar-refractivity contribution >= 4 is 6.09 Å². The zero-order valence-corrected chi connectivity index (χ0v) is 19.3. The maximum Gasteiger partial charge on any atom is 0.409 e. The van der Waals surface area contributed by atoms with Gasteiger partial charge in [-0.05, 0) is 27.2 Å². The van der Waals surface area contributed by atoms with Crippen LogP contribution >= 0.6 is 0 Å². The number of aliphatic hydroxyl groups is 3. The minimum Gasteiger partial charge on any atom is -0.444 e. The Morgan fingerprint density at radius 3 is 1.69 bits per heavy atom. The maximum atomic E-state index is 11.6. The molecule has 0 saturated heterocycles. The molecule has 3 atom stereocenters. The van der Waals surface area contributed by atoms with Crippen LogP contribution in [0.4, 0.5) is 4.79 Å². The van der Waals surface area contributed by atoms with E-state index in [0.717, 1.165) is 19.3 Å². The SMILES string of the molecule is CCCCCCCCCCCCCCC(O)C(O)CC(O)NC(=O)OC(C)(C)C. The van der Waals surface area contributed by atoms with Gasteiger partial charge in [-0.1, -0.05) is 84.0 Å². The topological polar surface area (TPSA) is 99.0 Å². The van der Waals surface area contributed by atoms with Crippen LogP contribution in [0.15, 0.2) is 0 Å². The number of alkyl carbamates (subject to hydrolysis) is 1. The minimum absolute atomic E-state index is 0.126. The average molecular weight is 418 g/mol. The van der Waals surface area contributed by atoms with Crippen molar-refractivity contribution in [1.82, 2.24) is 5.32 Å². The fourth-order valence-electron chi connectivity index (χ4n) is 3.28. The van der Waals surface area contributed by atoms with Gasteiger partial charge in [0.25, 0.3) is 0 Å². The minimum atomic E-state index is -1.25. The van der Waals surface area contributed by atoms with Crippen LogP contribution < -0.4 is 5.32 Å². The van der Waals surface area contributed by atoms with Crippen LogP contribution in [0.1, 0.15) is 118 Å². The molecule has 3 unspecified atom stereocenters.